The topological polar surface area (TPSA) is 35.5 Å². The first-order chi connectivity index (χ1) is 10.7. The van der Waals surface area contributed by atoms with Gasteiger partial charge in [0.05, 0.1) is 14.2 Å². The van der Waals surface area contributed by atoms with Crippen molar-refractivity contribution >= 4 is 23.6 Å². The van der Waals surface area contributed by atoms with Crippen LogP contribution in [0.15, 0.2) is 52.9 Å². The number of carbonyl (C=O) groups excluding carboxylic acids is 1. The number of benzene rings is 2. The van der Waals surface area contributed by atoms with Crippen LogP contribution in [-0.4, -0.2) is 25.8 Å². The van der Waals surface area contributed by atoms with Crippen LogP contribution in [0, 0.1) is 0 Å². The third kappa shape index (κ3) is 2.88. The van der Waals surface area contributed by atoms with E-state index in [0.29, 0.717) is 11.5 Å². The van der Waals surface area contributed by atoms with Gasteiger partial charge < -0.3 is 9.47 Å². The van der Waals surface area contributed by atoms with E-state index >= 15 is 0 Å². The monoisotopic (exact) mass is 312 g/mol. The summed E-state index contributed by atoms with van der Waals surface area (Å²) in [6.45, 7) is 0. The van der Waals surface area contributed by atoms with Gasteiger partial charge in [0.2, 0.25) is 0 Å². The first-order valence-corrected chi connectivity index (χ1v) is 7.90. The van der Waals surface area contributed by atoms with E-state index in [1.807, 2.05) is 48.5 Å². The van der Waals surface area contributed by atoms with E-state index in [-0.39, 0.29) is 5.78 Å². The molecule has 3 nitrogen and oxygen atoms in total. The van der Waals surface area contributed by atoms with Crippen molar-refractivity contribution in [2.24, 2.45) is 0 Å². The Kier molecular flexibility index (Phi) is 4.20. The number of ether oxygens (including phenoxy) is 2. The Labute approximate surface area is 133 Å². The Morgan fingerprint density at radius 3 is 2.36 bits per heavy atom. The van der Waals surface area contributed by atoms with Crippen molar-refractivity contribution in [2.45, 2.75) is 4.90 Å². The van der Waals surface area contributed by atoms with Gasteiger partial charge in [0.15, 0.2) is 5.78 Å². The molecule has 0 radical (unpaired) electrons. The Balaban J connectivity index is 1.92. The SMILES string of the molecule is COc1ccc(/C=C2\CSc3ccc(OC)cc3C2=O)cc1. The van der Waals surface area contributed by atoms with Crippen LogP contribution in [0.1, 0.15) is 15.9 Å². The zero-order chi connectivity index (χ0) is 15.5. The van der Waals surface area contributed by atoms with Crippen LogP contribution in [-0.2, 0) is 0 Å². The van der Waals surface area contributed by atoms with Crippen molar-refractivity contribution in [1.82, 2.24) is 0 Å². The molecule has 0 aromatic heterocycles. The number of rotatable bonds is 3. The standard InChI is InChI=1S/C18H16O3S/c1-20-14-5-3-12(4-6-14)9-13-11-22-17-8-7-15(21-2)10-16(17)18(13)19/h3-10H,11H2,1-2H3/b13-9+. The highest BCUT2D eigenvalue weighted by Crippen LogP contribution is 2.35. The van der Waals surface area contributed by atoms with Crippen LogP contribution in [0.2, 0.25) is 0 Å². The largest absolute Gasteiger partial charge is 0.497 e. The van der Waals surface area contributed by atoms with Gasteiger partial charge in [0, 0.05) is 21.8 Å². The summed E-state index contributed by atoms with van der Waals surface area (Å²) in [6, 6.07) is 13.3. The molecule has 0 aliphatic carbocycles. The summed E-state index contributed by atoms with van der Waals surface area (Å²) in [5.74, 6) is 2.27. The number of thioether (sulfide) groups is 1. The predicted octanol–water partition coefficient (Wildman–Crippen LogP) is 4.08. The molecule has 0 atom stereocenters. The summed E-state index contributed by atoms with van der Waals surface area (Å²) in [5, 5.41) is 0. The molecule has 1 aliphatic heterocycles. The maximum atomic E-state index is 12.7. The molecular weight excluding hydrogens is 296 g/mol. The van der Waals surface area contributed by atoms with Crippen LogP contribution in [0.25, 0.3) is 6.08 Å². The summed E-state index contributed by atoms with van der Waals surface area (Å²) < 4.78 is 10.4. The highest BCUT2D eigenvalue weighted by Gasteiger charge is 2.23. The molecule has 2 aromatic carbocycles. The Bertz CT molecular complexity index is 732. The molecule has 0 saturated heterocycles. The number of hydrogen-bond donors (Lipinski definition) is 0. The van der Waals surface area contributed by atoms with Gasteiger partial charge in [-0.25, -0.2) is 0 Å². The van der Waals surface area contributed by atoms with Gasteiger partial charge in [-0.15, -0.1) is 11.8 Å². The second-order valence-corrected chi connectivity index (χ2v) is 5.94. The van der Waals surface area contributed by atoms with Gasteiger partial charge >= 0.3 is 0 Å². The van der Waals surface area contributed by atoms with Crippen LogP contribution in [0.4, 0.5) is 0 Å². The van der Waals surface area contributed by atoms with Gasteiger partial charge in [-0.05, 0) is 42.0 Å². The van der Waals surface area contributed by atoms with Crippen molar-refractivity contribution < 1.29 is 14.3 Å². The van der Waals surface area contributed by atoms with Crippen molar-refractivity contribution in [3.63, 3.8) is 0 Å². The Morgan fingerprint density at radius 2 is 1.68 bits per heavy atom. The molecule has 1 heterocycles. The van der Waals surface area contributed by atoms with Crippen molar-refractivity contribution in [1.29, 1.82) is 0 Å². The zero-order valence-corrected chi connectivity index (χ0v) is 13.3. The van der Waals surface area contributed by atoms with Crippen molar-refractivity contribution in [3.05, 3.63) is 59.2 Å². The van der Waals surface area contributed by atoms with Gasteiger partial charge in [0.1, 0.15) is 11.5 Å². The summed E-state index contributed by atoms with van der Waals surface area (Å²) in [5.41, 5.74) is 2.52. The molecule has 2 aromatic rings. The molecule has 22 heavy (non-hydrogen) atoms. The molecular formula is C18H16O3S. The molecule has 0 spiro atoms. The van der Waals surface area contributed by atoms with Crippen molar-refractivity contribution in [2.75, 3.05) is 20.0 Å². The fourth-order valence-corrected chi connectivity index (χ4v) is 3.34. The lowest BCUT2D eigenvalue weighted by atomic mass is 10.0. The second-order valence-electron chi connectivity index (χ2n) is 4.92. The van der Waals surface area contributed by atoms with E-state index in [1.54, 1.807) is 26.0 Å². The number of carbonyl (C=O) groups is 1. The average molecular weight is 312 g/mol. The van der Waals surface area contributed by atoms with E-state index in [9.17, 15) is 4.79 Å². The molecule has 0 amide bonds. The van der Waals surface area contributed by atoms with E-state index in [0.717, 1.165) is 27.3 Å². The third-order valence-corrected chi connectivity index (χ3v) is 4.69. The van der Waals surface area contributed by atoms with Crippen LogP contribution < -0.4 is 9.47 Å². The summed E-state index contributed by atoms with van der Waals surface area (Å²) >= 11 is 1.68. The molecule has 0 bridgehead atoms. The lowest BCUT2D eigenvalue weighted by Crippen LogP contribution is -2.12. The third-order valence-electron chi connectivity index (χ3n) is 3.56. The Morgan fingerprint density at radius 1 is 1.00 bits per heavy atom. The van der Waals surface area contributed by atoms with E-state index in [1.165, 1.54) is 0 Å². The molecule has 4 heteroatoms. The van der Waals surface area contributed by atoms with Crippen LogP contribution >= 0.6 is 11.8 Å². The predicted molar refractivity (Wildman–Crippen MR) is 89.0 cm³/mol. The van der Waals surface area contributed by atoms with E-state index in [2.05, 4.69) is 0 Å². The maximum Gasteiger partial charge on any atom is 0.191 e. The molecule has 0 N–H and O–H groups in total. The summed E-state index contributed by atoms with van der Waals surface area (Å²) in [7, 11) is 3.25. The number of fused-ring (bicyclic) bond motifs is 1. The van der Waals surface area contributed by atoms with E-state index < -0.39 is 0 Å². The number of methoxy groups -OCH3 is 2. The summed E-state index contributed by atoms with van der Waals surface area (Å²) in [4.78, 5) is 13.7. The number of Topliss-reactive ketones (excluding diaryl/α,β-unsaturated/α-hetero) is 1. The number of ketones is 1. The fourth-order valence-electron chi connectivity index (χ4n) is 2.34. The lowest BCUT2D eigenvalue weighted by Gasteiger charge is -2.17. The maximum absolute atomic E-state index is 12.7. The van der Waals surface area contributed by atoms with Crippen LogP contribution in [0.5, 0.6) is 11.5 Å². The summed E-state index contributed by atoms with van der Waals surface area (Å²) in [6.07, 6.45) is 1.94. The van der Waals surface area contributed by atoms with Gasteiger partial charge in [-0.1, -0.05) is 12.1 Å². The minimum Gasteiger partial charge on any atom is -0.497 e. The van der Waals surface area contributed by atoms with Gasteiger partial charge in [-0.3, -0.25) is 4.79 Å². The molecule has 112 valence electrons. The first-order valence-electron chi connectivity index (χ1n) is 6.91. The normalized spacial score (nSPS) is 15.5. The van der Waals surface area contributed by atoms with E-state index in [4.69, 9.17) is 9.47 Å². The van der Waals surface area contributed by atoms with Crippen LogP contribution in [0.3, 0.4) is 0 Å². The average Bonchev–Trinajstić information content (AvgIpc) is 2.58. The second kappa shape index (κ2) is 6.28. The fraction of sp³-hybridized carbons (Fsp3) is 0.167. The highest BCUT2D eigenvalue weighted by atomic mass is 32.2. The minimum atomic E-state index is 0.0727. The lowest BCUT2D eigenvalue weighted by molar-refractivity contribution is 0.103. The van der Waals surface area contributed by atoms with Gasteiger partial charge in [0.25, 0.3) is 0 Å². The zero-order valence-electron chi connectivity index (χ0n) is 12.5. The molecule has 0 fully saturated rings. The molecule has 0 unspecified atom stereocenters. The number of hydrogen-bond acceptors (Lipinski definition) is 4. The minimum absolute atomic E-state index is 0.0727. The first kappa shape index (κ1) is 14.7. The molecule has 1 aliphatic rings. The molecule has 0 saturated carbocycles. The quantitative estimate of drug-likeness (QED) is 0.800. The highest BCUT2D eigenvalue weighted by molar-refractivity contribution is 7.99. The van der Waals surface area contributed by atoms with Crippen molar-refractivity contribution in [3.8, 4) is 11.5 Å². The van der Waals surface area contributed by atoms with Gasteiger partial charge in [-0.2, -0.15) is 0 Å². The smallest absolute Gasteiger partial charge is 0.191 e. The molecule has 3 rings (SSSR count). The Hall–Kier alpha value is -2.20.